The van der Waals surface area contributed by atoms with E-state index in [-0.39, 0.29) is 5.01 Å². The standard InChI is InChI=1S/C4H4N8O10/c13-8(14)4(9(15)16,10(17)18)3-5-1-6(11(19)20)2-7(3)12(21)22/h1-2H2. The molecule has 0 N–H and O–H groups in total. The molecule has 0 aromatic rings. The predicted octanol–water partition coefficient (Wildman–Crippen LogP) is -2.22. The van der Waals surface area contributed by atoms with Gasteiger partial charge in [0.25, 0.3) is 0 Å². The first-order valence-corrected chi connectivity index (χ1v) is 4.86. The molecule has 0 saturated heterocycles. The Hall–Kier alpha value is -3.73. The van der Waals surface area contributed by atoms with Gasteiger partial charge in [-0.2, -0.15) is 0 Å². The van der Waals surface area contributed by atoms with Crippen molar-refractivity contribution in [2.45, 2.75) is 5.79 Å². The van der Waals surface area contributed by atoms with E-state index < -0.39 is 54.8 Å². The zero-order valence-corrected chi connectivity index (χ0v) is 10.1. The van der Waals surface area contributed by atoms with Crippen molar-refractivity contribution in [1.29, 1.82) is 0 Å². The van der Waals surface area contributed by atoms with Gasteiger partial charge in [0.1, 0.15) is 0 Å². The smallest absolute Gasteiger partial charge is 0.252 e. The fraction of sp³-hybridized carbons (Fsp3) is 0.750. The number of amidine groups is 1. The average Bonchev–Trinajstić information content (AvgIpc) is 2.37. The van der Waals surface area contributed by atoms with Crippen LogP contribution in [0.4, 0.5) is 0 Å². The highest BCUT2D eigenvalue weighted by atomic mass is 16.7. The van der Waals surface area contributed by atoms with Crippen LogP contribution in [0.2, 0.25) is 0 Å². The van der Waals surface area contributed by atoms with Gasteiger partial charge in [0.15, 0.2) is 31.5 Å². The topological polar surface area (TPSA) is 235 Å². The molecule has 1 aliphatic heterocycles. The molecule has 0 saturated carbocycles. The van der Waals surface area contributed by atoms with Crippen molar-refractivity contribution in [3.63, 3.8) is 0 Å². The average molecular weight is 324 g/mol. The zero-order valence-electron chi connectivity index (χ0n) is 10.1. The van der Waals surface area contributed by atoms with Crippen LogP contribution in [0.25, 0.3) is 0 Å². The highest BCUT2D eigenvalue weighted by Gasteiger charge is 2.80. The van der Waals surface area contributed by atoms with Crippen LogP contribution < -0.4 is 0 Å². The fourth-order valence-corrected chi connectivity index (χ4v) is 1.45. The second-order valence-electron chi connectivity index (χ2n) is 3.55. The summed E-state index contributed by atoms with van der Waals surface area (Å²) in [5, 5.41) is 50.7. The maximum Gasteiger partial charge on any atom is 0.766 e. The van der Waals surface area contributed by atoms with Crippen LogP contribution in [0.1, 0.15) is 0 Å². The van der Waals surface area contributed by atoms with E-state index in [0.717, 1.165) is 0 Å². The van der Waals surface area contributed by atoms with Gasteiger partial charge in [-0.05, 0) is 5.01 Å². The fourth-order valence-electron chi connectivity index (χ4n) is 1.45. The van der Waals surface area contributed by atoms with Crippen molar-refractivity contribution in [2.24, 2.45) is 4.99 Å². The largest absolute Gasteiger partial charge is 0.766 e. The van der Waals surface area contributed by atoms with Gasteiger partial charge in [0.05, 0.1) is 0 Å². The van der Waals surface area contributed by atoms with E-state index in [1.165, 1.54) is 0 Å². The summed E-state index contributed by atoms with van der Waals surface area (Å²) in [4.78, 5) is 50.8. The Bertz CT molecular complexity index is 562. The van der Waals surface area contributed by atoms with Crippen LogP contribution in [0.5, 0.6) is 0 Å². The lowest BCUT2D eigenvalue weighted by Crippen LogP contribution is -2.67. The second kappa shape index (κ2) is 5.34. The van der Waals surface area contributed by atoms with Crippen LogP contribution >= 0.6 is 0 Å². The summed E-state index contributed by atoms with van der Waals surface area (Å²) in [5.74, 6) is -6.11. The monoisotopic (exact) mass is 324 g/mol. The minimum absolute atomic E-state index is 0.0664. The Balaban J connectivity index is 3.55. The third-order valence-corrected chi connectivity index (χ3v) is 2.42. The highest BCUT2D eigenvalue weighted by Crippen LogP contribution is 2.21. The Morgan fingerprint density at radius 2 is 1.32 bits per heavy atom. The molecular weight excluding hydrogens is 320 g/mol. The summed E-state index contributed by atoms with van der Waals surface area (Å²) in [5.41, 5.74) is 0. The van der Waals surface area contributed by atoms with E-state index in [4.69, 9.17) is 0 Å². The molecule has 0 fully saturated rings. The van der Waals surface area contributed by atoms with Gasteiger partial charge in [0.2, 0.25) is 6.67 Å². The molecular formula is C4H4N8O10. The number of nitro groups is 5. The minimum atomic E-state index is -4.35. The van der Waals surface area contributed by atoms with Gasteiger partial charge in [-0.15, -0.1) is 0 Å². The Kier molecular flexibility index (Phi) is 3.96. The van der Waals surface area contributed by atoms with E-state index in [2.05, 4.69) is 4.99 Å². The van der Waals surface area contributed by atoms with E-state index in [0.29, 0.717) is 0 Å². The van der Waals surface area contributed by atoms with Crippen LogP contribution in [0, 0.1) is 50.6 Å². The van der Waals surface area contributed by atoms with Crippen molar-refractivity contribution in [3.8, 4) is 0 Å². The van der Waals surface area contributed by atoms with E-state index in [9.17, 15) is 50.6 Å². The summed E-state index contributed by atoms with van der Waals surface area (Å²) in [6, 6.07) is 0. The lowest BCUT2D eigenvalue weighted by molar-refractivity contribution is -0.948. The molecule has 18 heteroatoms. The van der Waals surface area contributed by atoms with Crippen LogP contribution in [0.3, 0.4) is 0 Å². The molecule has 0 amide bonds. The molecule has 1 heterocycles. The number of aliphatic imine (C=N–C) groups is 1. The van der Waals surface area contributed by atoms with Gasteiger partial charge in [-0.1, -0.05) is 5.01 Å². The van der Waals surface area contributed by atoms with E-state index in [1.807, 2.05) is 0 Å². The van der Waals surface area contributed by atoms with Crippen LogP contribution in [0.15, 0.2) is 4.99 Å². The molecule has 0 aromatic heterocycles. The molecule has 1 rings (SSSR count). The van der Waals surface area contributed by atoms with E-state index >= 15 is 0 Å². The van der Waals surface area contributed by atoms with Crippen LogP contribution in [-0.2, 0) is 0 Å². The quantitative estimate of drug-likeness (QED) is 0.287. The van der Waals surface area contributed by atoms with Gasteiger partial charge in [0, 0.05) is 0 Å². The molecule has 120 valence electrons. The van der Waals surface area contributed by atoms with Crippen molar-refractivity contribution in [3.05, 3.63) is 50.6 Å². The zero-order chi connectivity index (χ0) is 17.2. The summed E-state index contributed by atoms with van der Waals surface area (Å²) in [6.45, 7) is -2.39. The first kappa shape index (κ1) is 16.3. The van der Waals surface area contributed by atoms with Crippen LogP contribution in [-0.4, -0.2) is 59.8 Å². The highest BCUT2D eigenvalue weighted by molar-refractivity contribution is 5.86. The summed E-state index contributed by atoms with van der Waals surface area (Å²) >= 11 is 0. The van der Waals surface area contributed by atoms with Crippen molar-refractivity contribution in [2.75, 3.05) is 13.3 Å². The Morgan fingerprint density at radius 1 is 0.864 bits per heavy atom. The molecule has 18 nitrogen and oxygen atoms in total. The molecule has 0 bridgehead atoms. The summed E-state index contributed by atoms with van der Waals surface area (Å²) < 4.78 is 0. The first-order valence-electron chi connectivity index (χ1n) is 4.86. The molecule has 0 unspecified atom stereocenters. The van der Waals surface area contributed by atoms with Gasteiger partial charge < -0.3 is 0 Å². The minimum Gasteiger partial charge on any atom is -0.252 e. The molecule has 22 heavy (non-hydrogen) atoms. The Labute approximate surface area is 116 Å². The molecule has 0 aliphatic carbocycles. The Morgan fingerprint density at radius 3 is 1.64 bits per heavy atom. The lowest BCUT2D eigenvalue weighted by Gasteiger charge is -2.22. The van der Waals surface area contributed by atoms with E-state index in [1.54, 1.807) is 0 Å². The number of nitrogens with zero attached hydrogens (tertiary/aromatic N) is 8. The SMILES string of the molecule is O=[N+]([O-])N1CN=C(C([N+](=O)[O-])([N+](=O)[O-])[N+](=O)[O-])N([N+](=O)[O-])C1. The second-order valence-corrected chi connectivity index (χ2v) is 3.55. The molecule has 0 atom stereocenters. The summed E-state index contributed by atoms with van der Waals surface area (Å²) in [6.07, 6.45) is 0. The number of hydrogen-bond donors (Lipinski definition) is 0. The lowest BCUT2D eigenvalue weighted by atomic mass is 10.3. The van der Waals surface area contributed by atoms with Crippen molar-refractivity contribution >= 4 is 5.84 Å². The van der Waals surface area contributed by atoms with Gasteiger partial charge >= 0.3 is 11.6 Å². The molecule has 0 radical (unpaired) electrons. The maximum atomic E-state index is 10.8. The third-order valence-electron chi connectivity index (χ3n) is 2.42. The molecule has 0 spiro atoms. The summed E-state index contributed by atoms with van der Waals surface area (Å²) in [7, 11) is 0. The van der Waals surface area contributed by atoms with Crippen molar-refractivity contribution < 1.29 is 24.8 Å². The van der Waals surface area contributed by atoms with Gasteiger partial charge in [-0.25, -0.2) is 25.2 Å². The number of hydrogen-bond acceptors (Lipinski definition) is 11. The molecule has 1 aliphatic rings. The predicted molar refractivity (Wildman–Crippen MR) is 58.5 cm³/mol. The first-order chi connectivity index (χ1) is 10.1. The maximum absolute atomic E-state index is 10.8. The van der Waals surface area contributed by atoms with Crippen molar-refractivity contribution in [1.82, 2.24) is 10.0 Å². The number of hydrazine groups is 2. The third kappa shape index (κ3) is 2.23. The normalized spacial score (nSPS) is 15.0. The van der Waals surface area contributed by atoms with Gasteiger partial charge in [-0.3, -0.25) is 30.3 Å². The number of rotatable bonds is 6. The molecule has 0 aromatic carbocycles.